The van der Waals surface area contributed by atoms with Crippen molar-refractivity contribution in [2.24, 2.45) is 4.99 Å². The van der Waals surface area contributed by atoms with Gasteiger partial charge in [0.05, 0.1) is 30.5 Å². The van der Waals surface area contributed by atoms with Gasteiger partial charge in [0.15, 0.2) is 0 Å². The van der Waals surface area contributed by atoms with Gasteiger partial charge in [-0.25, -0.2) is 0 Å². The van der Waals surface area contributed by atoms with Crippen LogP contribution in [-0.2, 0) is 0 Å². The summed E-state index contributed by atoms with van der Waals surface area (Å²) >= 11 is 0. The highest BCUT2D eigenvalue weighted by Gasteiger charge is 2.04. The number of aromatic nitrogens is 1. The summed E-state index contributed by atoms with van der Waals surface area (Å²) in [4.78, 5) is 6.40. The Kier molecular flexibility index (Phi) is 5.16. The van der Waals surface area contributed by atoms with Crippen LogP contribution in [0.3, 0.4) is 0 Å². The Labute approximate surface area is 142 Å². The van der Waals surface area contributed by atoms with Crippen LogP contribution in [0.4, 0.5) is 0 Å². The first-order valence-electron chi connectivity index (χ1n) is 8.80. The van der Waals surface area contributed by atoms with Crippen LogP contribution >= 0.6 is 0 Å². The topological polar surface area (TPSA) is 42.0 Å². The van der Waals surface area contributed by atoms with Crippen LogP contribution in [0.25, 0.3) is 21.7 Å². The van der Waals surface area contributed by atoms with E-state index < -0.39 is 0 Å². The third-order valence-corrected chi connectivity index (χ3v) is 4.73. The molecule has 0 radical (unpaired) electrons. The maximum Gasteiger partial charge on any atom is 0.0892 e. The van der Waals surface area contributed by atoms with E-state index in [1.807, 2.05) is 24.3 Å². The Morgan fingerprint density at radius 3 is 2.46 bits per heavy atom. The second-order valence-electron chi connectivity index (χ2n) is 6.20. The molecule has 0 fully saturated rings. The molecule has 0 aliphatic heterocycles. The van der Waals surface area contributed by atoms with Gasteiger partial charge in [-0.15, -0.1) is 0 Å². The molecule has 3 aromatic rings. The number of nitrogens with one attached hydrogen (secondary N) is 1. The van der Waals surface area contributed by atoms with Gasteiger partial charge >= 0.3 is 0 Å². The van der Waals surface area contributed by atoms with E-state index in [-0.39, 0.29) is 0 Å². The van der Waals surface area contributed by atoms with E-state index >= 15 is 0 Å². The predicted octanol–water partition coefficient (Wildman–Crippen LogP) is 2.25. The predicted molar refractivity (Wildman–Crippen MR) is 98.6 cm³/mol. The smallest absolute Gasteiger partial charge is 0.0892 e. The zero-order valence-electron chi connectivity index (χ0n) is 14.5. The lowest BCUT2D eigenvalue weighted by Gasteiger charge is -2.14. The molecular formula is C20H26N3O+. The summed E-state index contributed by atoms with van der Waals surface area (Å²) in [5.41, 5.74) is 0.796. The number of hydrogen-bond acceptors (Lipinski definition) is 2. The molecule has 2 N–H and O–H groups in total. The Hall–Kier alpha value is -2.33. The monoisotopic (exact) mass is 324 g/mol. The first-order chi connectivity index (χ1) is 11.7. The highest BCUT2D eigenvalue weighted by atomic mass is 16.5. The fourth-order valence-corrected chi connectivity index (χ4v) is 3.20. The van der Waals surface area contributed by atoms with Crippen LogP contribution in [0.1, 0.15) is 20.3 Å². The summed E-state index contributed by atoms with van der Waals surface area (Å²) in [5, 5.41) is 14.4. The first kappa shape index (κ1) is 16.5. The van der Waals surface area contributed by atoms with Crippen molar-refractivity contribution in [2.45, 2.75) is 20.3 Å². The van der Waals surface area contributed by atoms with E-state index in [0.717, 1.165) is 41.2 Å². The van der Waals surface area contributed by atoms with Crippen LogP contribution < -0.4 is 10.3 Å². The average Bonchev–Trinajstić information content (AvgIpc) is 2.62. The van der Waals surface area contributed by atoms with E-state index in [4.69, 9.17) is 4.99 Å². The largest absolute Gasteiger partial charge is 0.428 e. The SMILES string of the molecule is CC[NH+](CC)CCCN=c1ccn(O)c2cc3ccccc3cc12. The summed E-state index contributed by atoms with van der Waals surface area (Å²) in [6.45, 7) is 8.77. The summed E-state index contributed by atoms with van der Waals surface area (Å²) in [5.74, 6) is 0. The summed E-state index contributed by atoms with van der Waals surface area (Å²) in [6.07, 6.45) is 2.76. The normalized spacial score (nSPS) is 12.5. The number of hydrogen-bond donors (Lipinski definition) is 2. The molecule has 0 saturated heterocycles. The van der Waals surface area contributed by atoms with Crippen molar-refractivity contribution in [2.75, 3.05) is 26.2 Å². The molecule has 0 amide bonds. The van der Waals surface area contributed by atoms with Crippen molar-refractivity contribution in [1.29, 1.82) is 0 Å². The van der Waals surface area contributed by atoms with Gasteiger partial charge in [0.25, 0.3) is 0 Å². The minimum absolute atomic E-state index is 0.796. The number of rotatable bonds is 6. The highest BCUT2D eigenvalue weighted by molar-refractivity contribution is 5.96. The number of fused-ring (bicyclic) bond motifs is 2. The van der Waals surface area contributed by atoms with Crippen LogP contribution in [0, 0.1) is 0 Å². The number of benzene rings is 2. The van der Waals surface area contributed by atoms with E-state index in [0.29, 0.717) is 0 Å². The van der Waals surface area contributed by atoms with Crippen LogP contribution in [-0.4, -0.2) is 36.1 Å². The summed E-state index contributed by atoms with van der Waals surface area (Å²) in [6, 6.07) is 14.2. The van der Waals surface area contributed by atoms with Crippen molar-refractivity contribution < 1.29 is 10.1 Å². The summed E-state index contributed by atoms with van der Waals surface area (Å²) < 4.78 is 1.18. The minimum atomic E-state index is 0.796. The standard InChI is InChI=1S/C20H25N3O/c1-3-22(4-2)12-7-11-21-19-10-13-23(24)20-15-17-9-6-5-8-16(17)14-18(19)20/h5-6,8-10,13-15,24H,3-4,7,11-12H2,1-2H3/p+1. The number of nitrogens with zero attached hydrogens (tertiary/aromatic N) is 2. The molecule has 0 aliphatic carbocycles. The van der Waals surface area contributed by atoms with Gasteiger partial charge in [0.2, 0.25) is 0 Å². The molecule has 0 atom stereocenters. The molecule has 126 valence electrons. The molecule has 1 aromatic heterocycles. The Morgan fingerprint density at radius 2 is 1.75 bits per heavy atom. The molecular weight excluding hydrogens is 298 g/mol. The average molecular weight is 324 g/mol. The van der Waals surface area contributed by atoms with Gasteiger partial charge in [0, 0.05) is 24.5 Å². The minimum Gasteiger partial charge on any atom is -0.428 e. The van der Waals surface area contributed by atoms with Gasteiger partial charge in [-0.2, -0.15) is 4.73 Å². The fraction of sp³-hybridized carbons (Fsp3) is 0.350. The van der Waals surface area contributed by atoms with Gasteiger partial charge < -0.3 is 10.1 Å². The molecule has 24 heavy (non-hydrogen) atoms. The molecule has 0 bridgehead atoms. The van der Waals surface area contributed by atoms with Crippen molar-refractivity contribution in [3.63, 3.8) is 0 Å². The van der Waals surface area contributed by atoms with E-state index in [9.17, 15) is 5.21 Å². The lowest BCUT2D eigenvalue weighted by Crippen LogP contribution is -3.11. The van der Waals surface area contributed by atoms with Crippen LogP contribution in [0.2, 0.25) is 0 Å². The van der Waals surface area contributed by atoms with Gasteiger partial charge in [0.1, 0.15) is 0 Å². The Balaban J connectivity index is 1.94. The Bertz CT molecular complexity index is 894. The molecule has 4 nitrogen and oxygen atoms in total. The molecule has 1 heterocycles. The lowest BCUT2D eigenvalue weighted by molar-refractivity contribution is -0.896. The molecule has 0 saturated carbocycles. The maximum atomic E-state index is 10.1. The highest BCUT2D eigenvalue weighted by Crippen LogP contribution is 2.19. The third kappa shape index (κ3) is 3.44. The van der Waals surface area contributed by atoms with Crippen molar-refractivity contribution in [3.05, 3.63) is 54.0 Å². The third-order valence-electron chi connectivity index (χ3n) is 4.73. The van der Waals surface area contributed by atoms with E-state index in [2.05, 4.69) is 32.0 Å². The fourth-order valence-electron chi connectivity index (χ4n) is 3.20. The zero-order chi connectivity index (χ0) is 16.9. The maximum absolute atomic E-state index is 10.1. The lowest BCUT2D eigenvalue weighted by atomic mass is 10.1. The van der Waals surface area contributed by atoms with Gasteiger partial charge in [-0.05, 0) is 42.8 Å². The molecule has 0 unspecified atom stereocenters. The van der Waals surface area contributed by atoms with Gasteiger partial charge in [-0.1, -0.05) is 24.3 Å². The zero-order valence-corrected chi connectivity index (χ0v) is 14.5. The van der Waals surface area contributed by atoms with E-state index in [1.165, 1.54) is 23.2 Å². The second kappa shape index (κ2) is 7.49. The van der Waals surface area contributed by atoms with Crippen molar-refractivity contribution >= 4 is 21.7 Å². The van der Waals surface area contributed by atoms with Crippen LogP contribution in [0.5, 0.6) is 0 Å². The quantitative estimate of drug-likeness (QED) is 0.408. The molecule has 0 spiro atoms. The summed E-state index contributed by atoms with van der Waals surface area (Å²) in [7, 11) is 0. The second-order valence-corrected chi connectivity index (χ2v) is 6.20. The molecule has 3 rings (SSSR count). The van der Waals surface area contributed by atoms with Gasteiger partial charge in [-0.3, -0.25) is 4.99 Å². The van der Waals surface area contributed by atoms with E-state index in [1.54, 1.807) is 11.1 Å². The first-order valence-corrected chi connectivity index (χ1v) is 8.80. The van der Waals surface area contributed by atoms with Crippen molar-refractivity contribution in [1.82, 2.24) is 4.73 Å². The Morgan fingerprint density at radius 1 is 1.04 bits per heavy atom. The van der Waals surface area contributed by atoms with Crippen LogP contribution in [0.15, 0.2) is 53.7 Å². The van der Waals surface area contributed by atoms with Crippen molar-refractivity contribution in [3.8, 4) is 0 Å². The molecule has 2 aromatic carbocycles. The number of quaternary nitrogens is 1. The number of pyridine rings is 1. The molecule has 4 heteroatoms. The molecule has 0 aliphatic rings.